The number of nitro groups is 3. The van der Waals surface area contributed by atoms with Crippen LogP contribution >= 0.6 is 10.7 Å². The Morgan fingerprint density at radius 2 is 0.933 bits per heavy atom. The lowest BCUT2D eigenvalue weighted by molar-refractivity contribution is -0.385. The van der Waals surface area contributed by atoms with Gasteiger partial charge in [0.25, 0.3) is 46.2 Å². The smallest absolute Gasteiger partial charge is 0.489 e. The van der Waals surface area contributed by atoms with Crippen molar-refractivity contribution < 1.29 is 86.9 Å². The zero-order valence-corrected chi connectivity index (χ0v) is 80.0. The standard InChI is InChI=1S/C31H30N2O5S.C16H18O2.C15H14N2O4S.C11H19BN2O2.C9H15BN2O2.C9H11N.C6H4ClNO4S.C3H8/c1-23(20-25-8-5-9-30(21-25)38-22-24-6-3-2-4-7-24)32(28-14-12-27(13-15-28)26-10-11-26)39(36,37)31-18-16-29(17-19-31)33(34)35;1-13(17)10-15-8-5-9-16(11-15)18-12-14-6-3-2-4-7-14;18-17(19)14-7-9-15(10-8-14)22(20,21)16-13-5-3-12(4-6-13)11-1-2-11;1-6-14-8-9(7-13-14)12-15-10(2,3)11(4,5)16-12;1-8(2)9(3,4)14-10(13-8)7-5-11-12-6-7;10-9-5-3-8(4-6-9)7-1-2-7;7-13(11,12)6-3-1-5(2-4-6)8(9)10;1-3-2/h2-9,12-19,21,23,26H,10-11,20,22H2,1H3;2-9,11,13,17H,10,12H2,1H3;3-11,16H,1-2H2;7-8H,6H2,1-5H3;5-6H,1-4H3,(H,11,12);3-7H,1-2,10H2;1-4H;3H2,1-2H3/t23-;13-;;;;;;/m10....../s1/i;;;1D3,6D2;;;;1D3,3D2. The number of nitrogens with two attached hydrogens (primary N) is 1. The molecule has 2 saturated heterocycles. The van der Waals surface area contributed by atoms with E-state index >= 15 is 0 Å². The second kappa shape index (κ2) is 47.4. The monoisotopic (exact) mass is 1930 g/mol. The van der Waals surface area contributed by atoms with Crippen LogP contribution in [0.2, 0.25) is 0 Å². The summed E-state index contributed by atoms with van der Waals surface area (Å²) in [6.45, 7) is 13.6. The molecule has 3 aliphatic carbocycles. The van der Waals surface area contributed by atoms with E-state index in [2.05, 4.69) is 32.2 Å². The van der Waals surface area contributed by atoms with Gasteiger partial charge in [0, 0.05) is 118 Å². The number of H-pyrrole nitrogens is 1. The minimum absolute atomic E-state index is 0.00571. The SMILES string of the molecule is CC1(C)OB(c2cn[nH]c2)OC1(C)C.C[C@H](Cc1cccc(OCc2ccccc2)c1)N(c1ccc(C2CC2)cc1)S(=O)(=O)c1ccc([N+](=O)[O-])cc1.C[C@H](O)Cc1cccc(OCc2ccccc2)c1.Nc1ccc(C2CC2)cc1.O=[N+]([O-])c1ccc(S(=O)(=O)Cl)cc1.O=[N+]([O-])c1ccc(S(=O)(=O)Nc2ccc(C3CC3)cc2)cc1.[2H]C([2H])([2H])C([2H])([2H])C.[2H]C([2H])([2H])C([2H])([2H])n1cc(B2OC(C)(C)C(C)(C)O2)cn1. The molecule has 2 aliphatic heterocycles. The number of ether oxygens (including phenoxy) is 2. The first-order chi connectivity index (χ1) is 67.7. The van der Waals surface area contributed by atoms with Crippen LogP contribution in [-0.4, -0.2) is 114 Å². The Hall–Kier alpha value is -12.1. The first-order valence-corrected chi connectivity index (χ1v) is 48.7. The van der Waals surface area contributed by atoms with Crippen molar-refractivity contribution in [3.05, 3.63) is 349 Å². The summed E-state index contributed by atoms with van der Waals surface area (Å²) in [5.41, 5.74) is 14.9. The Morgan fingerprint density at radius 1 is 0.541 bits per heavy atom. The molecule has 5 aliphatic rings. The first-order valence-electron chi connectivity index (χ1n) is 48.5. The fourth-order valence-corrected chi connectivity index (χ4v) is 17.0. The quantitative estimate of drug-likeness (QED) is 0.0122. The third-order valence-electron chi connectivity index (χ3n) is 22.7. The summed E-state index contributed by atoms with van der Waals surface area (Å²) < 4.78 is 184. The molecule has 35 heteroatoms. The van der Waals surface area contributed by atoms with Gasteiger partial charge in [-0.05, 0) is 281 Å². The van der Waals surface area contributed by atoms with E-state index in [0.717, 1.165) is 93.8 Å². The molecule has 0 amide bonds. The predicted molar refractivity (Wildman–Crippen MR) is 529 cm³/mol. The molecule has 0 unspecified atom stereocenters. The van der Waals surface area contributed by atoms with E-state index in [1.807, 2.05) is 220 Å². The van der Waals surface area contributed by atoms with Gasteiger partial charge in [-0.2, -0.15) is 10.2 Å². The number of aliphatic hydroxyl groups excluding tert-OH is 1. The second-order valence-electron chi connectivity index (χ2n) is 34.5. The number of sulfonamides is 2. The van der Waals surface area contributed by atoms with Gasteiger partial charge in [0.2, 0.25) is 0 Å². The van der Waals surface area contributed by atoms with Crippen molar-refractivity contribution in [3.63, 3.8) is 0 Å². The lowest BCUT2D eigenvalue weighted by atomic mass is 9.82. The van der Waals surface area contributed by atoms with Gasteiger partial charge in [0.05, 0.1) is 66.4 Å². The molecule has 5 fully saturated rings. The molecule has 12 aromatic rings. The highest BCUT2D eigenvalue weighted by atomic mass is 35.7. The van der Waals surface area contributed by atoms with E-state index in [0.29, 0.717) is 60.5 Å². The maximum atomic E-state index is 13.9. The highest BCUT2D eigenvalue weighted by Gasteiger charge is 2.53. The number of nitrogens with zero attached hydrogens (tertiary/aromatic N) is 7. The number of nitrogen functional groups attached to an aromatic ring is 1. The fraction of sp³-hybridized carbons (Fsp3) is 0.340. The van der Waals surface area contributed by atoms with Gasteiger partial charge in [-0.3, -0.25) is 49.2 Å². The third kappa shape index (κ3) is 31.5. The Labute approximate surface area is 810 Å². The number of nitrogens with one attached hydrogen (secondary N) is 2. The summed E-state index contributed by atoms with van der Waals surface area (Å²) in [6.07, 6.45) is 12.3. The molecule has 2 atom stereocenters. The molecule has 2 aromatic heterocycles. The van der Waals surface area contributed by atoms with Crippen LogP contribution in [0.5, 0.6) is 11.5 Å². The summed E-state index contributed by atoms with van der Waals surface area (Å²) in [5, 5.41) is 51.7. The summed E-state index contributed by atoms with van der Waals surface area (Å²) in [6, 6.07) is 72.5. The number of non-ortho nitro benzene ring substituents is 3. The molecule has 3 saturated carbocycles. The molecule has 29 nitrogen and oxygen atoms in total. The van der Waals surface area contributed by atoms with Crippen LogP contribution in [0.1, 0.15) is 205 Å². The van der Waals surface area contributed by atoms with Crippen LogP contribution in [-0.2, 0) is 80.3 Å². The number of rotatable bonds is 27. The number of aryl methyl sites for hydroxylation is 1. The average molecular weight is 1930 g/mol. The number of nitro benzene ring substituents is 3. The topological polar surface area (TPSA) is 395 Å². The number of halogens is 1. The van der Waals surface area contributed by atoms with Gasteiger partial charge in [-0.1, -0.05) is 141 Å². The number of benzene rings is 10. The average Bonchev–Trinajstić information content (AvgIpc) is 1.69. The second-order valence-corrected chi connectivity index (χ2v) is 40.6. The van der Waals surface area contributed by atoms with Gasteiger partial charge in [-0.25, -0.2) is 25.3 Å². The largest absolute Gasteiger partial charge is 0.498 e. The molecule has 0 spiro atoms. The summed E-state index contributed by atoms with van der Waals surface area (Å²) in [5.74, 6) is 3.56. The minimum atomic E-state index is -4.01. The van der Waals surface area contributed by atoms with E-state index in [4.69, 9.17) is 58.2 Å². The number of aromatic amines is 1. The molecule has 10 aromatic carbocycles. The number of aliphatic hydroxyl groups is 1. The molecule has 135 heavy (non-hydrogen) atoms. The third-order valence-corrected chi connectivity index (χ3v) is 27.5. The molecule has 17 rings (SSSR count). The van der Waals surface area contributed by atoms with Crippen LogP contribution in [0.15, 0.2) is 294 Å². The van der Waals surface area contributed by atoms with Crippen molar-refractivity contribution >= 4 is 99.1 Å². The maximum absolute atomic E-state index is 13.9. The summed E-state index contributed by atoms with van der Waals surface area (Å²) in [4.78, 5) is 30.0. The molecule has 5 N–H and O–H groups in total. The lowest BCUT2D eigenvalue weighted by Gasteiger charge is -2.32. The normalized spacial score (nSPS) is 17.2. The Bertz CT molecular complexity index is 6590. The molecule has 714 valence electrons. The van der Waals surface area contributed by atoms with Gasteiger partial charge in [-0.15, -0.1) is 0 Å². The summed E-state index contributed by atoms with van der Waals surface area (Å²) in [7, 11) is -7.56. The van der Waals surface area contributed by atoms with Crippen molar-refractivity contribution in [2.75, 3.05) is 14.8 Å². The number of hydrogen-bond donors (Lipinski definition) is 4. The number of anilines is 3. The van der Waals surface area contributed by atoms with E-state index in [1.165, 1.54) is 108 Å². The van der Waals surface area contributed by atoms with Crippen LogP contribution < -0.4 is 35.2 Å². The first kappa shape index (κ1) is 90.7. The van der Waals surface area contributed by atoms with Crippen molar-refractivity contribution in [3.8, 4) is 11.5 Å². The van der Waals surface area contributed by atoms with Crippen molar-refractivity contribution in [2.24, 2.45) is 0 Å². The molecular formula is C100H119B2ClN10O19S3. The maximum Gasteiger partial charge on any atom is 0.498 e. The zero-order valence-electron chi connectivity index (χ0n) is 86.8. The van der Waals surface area contributed by atoms with E-state index < -0.39 is 94.8 Å². The lowest BCUT2D eigenvalue weighted by Crippen LogP contribution is -2.41. The number of hydrogen-bond acceptors (Lipinski definition) is 22. The highest BCUT2D eigenvalue weighted by Crippen LogP contribution is 2.44. The Kier molecular flexibility index (Phi) is 31.8. The van der Waals surface area contributed by atoms with Gasteiger partial charge < -0.3 is 38.9 Å². The van der Waals surface area contributed by atoms with Crippen LogP contribution in [0.4, 0.5) is 34.1 Å². The zero-order chi connectivity index (χ0) is 107. The fourth-order valence-electron chi connectivity index (χ4n) is 13.5. The van der Waals surface area contributed by atoms with Crippen LogP contribution in [0.3, 0.4) is 0 Å². The van der Waals surface area contributed by atoms with Crippen molar-refractivity contribution in [1.29, 1.82) is 0 Å². The van der Waals surface area contributed by atoms with E-state index in [1.54, 1.807) is 31.5 Å². The minimum Gasteiger partial charge on any atom is -0.489 e. The number of aromatic nitrogens is 4. The Morgan fingerprint density at radius 3 is 1.32 bits per heavy atom. The van der Waals surface area contributed by atoms with E-state index in [-0.39, 0.29) is 56.2 Å². The van der Waals surface area contributed by atoms with Crippen molar-refractivity contribution in [1.82, 2.24) is 20.0 Å². The predicted octanol–water partition coefficient (Wildman–Crippen LogP) is 20.3. The highest BCUT2D eigenvalue weighted by molar-refractivity contribution is 8.13. The molecule has 4 heterocycles. The van der Waals surface area contributed by atoms with Crippen LogP contribution in [0, 0.1) is 30.3 Å². The van der Waals surface area contributed by atoms with Gasteiger partial charge in [0.1, 0.15) is 24.7 Å². The van der Waals surface area contributed by atoms with Gasteiger partial charge in [0.15, 0.2) is 0 Å². The Balaban J connectivity index is 0.000000178. The molecule has 0 bridgehead atoms. The van der Waals surface area contributed by atoms with E-state index in [9.17, 15) is 60.7 Å². The van der Waals surface area contributed by atoms with Crippen LogP contribution in [0.25, 0.3) is 0 Å². The molecular weight excluding hydrogens is 1800 g/mol. The van der Waals surface area contributed by atoms with Crippen molar-refractivity contribution in [2.45, 2.75) is 234 Å². The van der Waals surface area contributed by atoms with Gasteiger partial charge >= 0.3 is 14.2 Å². The molecule has 0 radical (unpaired) electrons. The summed E-state index contributed by atoms with van der Waals surface area (Å²) >= 11 is 0.